The van der Waals surface area contributed by atoms with Crippen LogP contribution in [0.3, 0.4) is 0 Å². The van der Waals surface area contributed by atoms with Crippen LogP contribution < -0.4 is 4.74 Å². The van der Waals surface area contributed by atoms with Gasteiger partial charge in [0.25, 0.3) is 5.78 Å². The van der Waals surface area contributed by atoms with Crippen molar-refractivity contribution in [2.45, 2.75) is 5.85 Å². The number of ether oxygens (including phenoxy) is 3. The lowest BCUT2D eigenvalue weighted by Gasteiger charge is -2.31. The van der Waals surface area contributed by atoms with Crippen LogP contribution in [-0.4, -0.2) is 25.9 Å². The Bertz CT molecular complexity index is 802. The number of halogens is 8. The van der Waals surface area contributed by atoms with Crippen LogP contribution in [0.1, 0.15) is 0 Å². The first-order valence-corrected chi connectivity index (χ1v) is 6.35. The van der Waals surface area contributed by atoms with Gasteiger partial charge in [-0.25, -0.2) is 13.2 Å². The van der Waals surface area contributed by atoms with Crippen molar-refractivity contribution >= 4 is 5.78 Å². The van der Waals surface area contributed by atoms with Crippen LogP contribution in [0.2, 0.25) is 0 Å². The Morgan fingerprint density at radius 2 is 1.04 bits per heavy atom. The third-order valence-electron chi connectivity index (χ3n) is 3.20. The van der Waals surface area contributed by atoms with Gasteiger partial charge in [-0.05, 0) is 0 Å². The second-order valence-electron chi connectivity index (χ2n) is 4.62. The van der Waals surface area contributed by atoms with E-state index in [1.807, 2.05) is 0 Å². The standard InChI is InChI=1S/C14H6F8O4/c1-24-12-8(20)10(23)9(21)13(25-2)14(12,22)26-11-6(18)4(16)3(15)5(17)7(11)19/h1-2H3. The van der Waals surface area contributed by atoms with E-state index in [4.69, 9.17) is 0 Å². The van der Waals surface area contributed by atoms with Crippen LogP contribution in [0.4, 0.5) is 35.1 Å². The predicted octanol–water partition coefficient (Wildman–Crippen LogP) is 3.66. The molecule has 0 atom stereocenters. The number of hydrogen-bond donors (Lipinski definition) is 0. The van der Waals surface area contributed by atoms with E-state index in [2.05, 4.69) is 14.2 Å². The number of ketones is 1. The number of hydrogen-bond acceptors (Lipinski definition) is 4. The Morgan fingerprint density at radius 1 is 0.692 bits per heavy atom. The van der Waals surface area contributed by atoms with E-state index in [1.165, 1.54) is 0 Å². The van der Waals surface area contributed by atoms with Crippen molar-refractivity contribution in [3.05, 3.63) is 52.3 Å². The molecule has 0 amide bonds. The largest absolute Gasteiger partial charge is 0.491 e. The normalized spacial score (nSPS) is 16.9. The zero-order valence-corrected chi connectivity index (χ0v) is 12.7. The smallest absolute Gasteiger partial charge is 0.371 e. The van der Waals surface area contributed by atoms with E-state index in [9.17, 15) is 35.5 Å². The lowest BCUT2D eigenvalue weighted by molar-refractivity contribution is -0.122. The lowest BCUT2D eigenvalue weighted by Crippen LogP contribution is -2.42. The van der Waals surface area contributed by atoms with Crippen LogP contribution in [0.5, 0.6) is 5.75 Å². The van der Waals surface area contributed by atoms with Gasteiger partial charge in [-0.15, -0.1) is 0 Å². The van der Waals surface area contributed by atoms with Crippen molar-refractivity contribution in [1.29, 1.82) is 0 Å². The average molecular weight is 390 g/mol. The molecule has 0 unspecified atom stereocenters. The maximum atomic E-state index is 15.1. The highest BCUT2D eigenvalue weighted by molar-refractivity contribution is 6.07. The fourth-order valence-electron chi connectivity index (χ4n) is 2.04. The van der Waals surface area contributed by atoms with E-state index in [0.29, 0.717) is 14.2 Å². The molecule has 0 spiro atoms. The summed E-state index contributed by atoms with van der Waals surface area (Å²) in [6.07, 6.45) is 0. The number of Topliss-reactive ketones (excluding diaryl/α,β-unsaturated/α-hetero) is 1. The topological polar surface area (TPSA) is 44.8 Å². The van der Waals surface area contributed by atoms with Gasteiger partial charge >= 0.3 is 5.85 Å². The van der Waals surface area contributed by atoms with Gasteiger partial charge in [0.2, 0.25) is 58.0 Å². The molecule has 0 aromatic heterocycles. The van der Waals surface area contributed by atoms with E-state index in [-0.39, 0.29) is 0 Å². The summed E-state index contributed by atoms with van der Waals surface area (Å²) in [5, 5.41) is 0. The second-order valence-corrected chi connectivity index (χ2v) is 4.62. The molecular weight excluding hydrogens is 384 g/mol. The minimum atomic E-state index is -4.19. The van der Waals surface area contributed by atoms with Crippen molar-refractivity contribution in [1.82, 2.24) is 0 Å². The molecule has 0 saturated carbocycles. The molecule has 4 nitrogen and oxygen atoms in total. The van der Waals surface area contributed by atoms with Gasteiger partial charge in [-0.1, -0.05) is 0 Å². The SMILES string of the molecule is COC1=C(F)C(=O)C(F)=C(OC)C1(F)Oc1c(F)c(F)c(F)c(F)c1F. The molecule has 0 bridgehead atoms. The quantitative estimate of drug-likeness (QED) is 0.447. The molecule has 0 N–H and O–H groups in total. The molecule has 1 aliphatic carbocycles. The van der Waals surface area contributed by atoms with Crippen molar-refractivity contribution < 1.29 is 54.1 Å². The molecule has 0 saturated heterocycles. The molecular formula is C14H6F8O4. The number of carbonyl (C=O) groups excluding carboxylic acids is 1. The fourth-order valence-corrected chi connectivity index (χ4v) is 2.04. The fraction of sp³-hybridized carbons (Fsp3) is 0.214. The molecule has 26 heavy (non-hydrogen) atoms. The molecule has 142 valence electrons. The first-order chi connectivity index (χ1) is 12.0. The van der Waals surface area contributed by atoms with E-state index in [1.54, 1.807) is 0 Å². The average Bonchev–Trinajstić information content (AvgIpc) is 2.61. The minimum Gasteiger partial charge on any atom is -0.491 e. The van der Waals surface area contributed by atoms with Crippen molar-refractivity contribution in [2.24, 2.45) is 0 Å². The van der Waals surface area contributed by atoms with E-state index >= 15 is 4.39 Å². The number of rotatable bonds is 4. The van der Waals surface area contributed by atoms with Gasteiger partial charge in [-0.2, -0.15) is 22.0 Å². The number of methoxy groups -OCH3 is 2. The Balaban J connectivity index is 2.76. The predicted molar refractivity (Wildman–Crippen MR) is 66.0 cm³/mol. The first kappa shape index (κ1) is 19.5. The van der Waals surface area contributed by atoms with E-state index < -0.39 is 69.6 Å². The van der Waals surface area contributed by atoms with Crippen molar-refractivity contribution in [3.63, 3.8) is 0 Å². The Morgan fingerprint density at radius 3 is 1.38 bits per heavy atom. The minimum absolute atomic E-state index is 0.564. The van der Waals surface area contributed by atoms with Gasteiger partial charge in [0, 0.05) is 0 Å². The lowest BCUT2D eigenvalue weighted by atomic mass is 10.0. The summed E-state index contributed by atoms with van der Waals surface area (Å²) in [6.45, 7) is 0. The van der Waals surface area contributed by atoms with E-state index in [0.717, 1.165) is 0 Å². The maximum Gasteiger partial charge on any atom is 0.371 e. The Kier molecular flexibility index (Phi) is 4.88. The highest BCUT2D eigenvalue weighted by Gasteiger charge is 2.56. The maximum absolute atomic E-state index is 15.1. The van der Waals surface area contributed by atoms with Crippen LogP contribution in [0.25, 0.3) is 0 Å². The summed E-state index contributed by atoms with van der Waals surface area (Å²) in [6, 6.07) is 0. The number of allylic oxidation sites excluding steroid dienone is 2. The van der Waals surface area contributed by atoms with Crippen molar-refractivity contribution in [2.75, 3.05) is 14.2 Å². The summed E-state index contributed by atoms with van der Waals surface area (Å²) in [5.74, 6) is -29.3. The second kappa shape index (κ2) is 6.50. The number of benzene rings is 1. The summed E-state index contributed by atoms with van der Waals surface area (Å²) in [7, 11) is 1.13. The monoisotopic (exact) mass is 390 g/mol. The third-order valence-corrected chi connectivity index (χ3v) is 3.20. The van der Waals surface area contributed by atoms with Gasteiger partial charge in [0.15, 0.2) is 0 Å². The molecule has 0 radical (unpaired) electrons. The summed E-state index contributed by atoms with van der Waals surface area (Å²) < 4.78 is 122. The van der Waals surface area contributed by atoms with Gasteiger partial charge in [-0.3, -0.25) is 4.79 Å². The summed E-state index contributed by atoms with van der Waals surface area (Å²) in [5.41, 5.74) is 0. The molecule has 0 heterocycles. The third kappa shape index (κ3) is 2.56. The Labute approximate surface area is 139 Å². The molecule has 2 rings (SSSR count). The summed E-state index contributed by atoms with van der Waals surface area (Å²) in [4.78, 5) is 11.3. The van der Waals surface area contributed by atoms with Gasteiger partial charge in [0.05, 0.1) is 14.2 Å². The molecule has 1 aliphatic rings. The summed E-state index contributed by atoms with van der Waals surface area (Å²) >= 11 is 0. The first-order valence-electron chi connectivity index (χ1n) is 6.35. The molecule has 1 aromatic carbocycles. The van der Waals surface area contributed by atoms with Crippen LogP contribution >= 0.6 is 0 Å². The van der Waals surface area contributed by atoms with Gasteiger partial charge in [0.1, 0.15) is 0 Å². The molecule has 12 heteroatoms. The van der Waals surface area contributed by atoms with Crippen molar-refractivity contribution in [3.8, 4) is 5.75 Å². The van der Waals surface area contributed by atoms with Crippen LogP contribution in [0.15, 0.2) is 23.2 Å². The highest BCUT2D eigenvalue weighted by atomic mass is 19.2. The highest BCUT2D eigenvalue weighted by Crippen LogP contribution is 2.44. The molecule has 1 aromatic rings. The number of alkyl halides is 1. The molecule has 0 fully saturated rings. The van der Waals surface area contributed by atoms with Gasteiger partial charge < -0.3 is 14.2 Å². The van der Waals surface area contributed by atoms with Crippen LogP contribution in [-0.2, 0) is 14.3 Å². The zero-order valence-electron chi connectivity index (χ0n) is 12.7. The zero-order chi connectivity index (χ0) is 20.0. The Hall–Kier alpha value is -2.79. The van der Waals surface area contributed by atoms with Crippen LogP contribution in [0, 0.1) is 29.1 Å². The molecule has 0 aliphatic heterocycles. The number of carbonyl (C=O) groups is 1.